The van der Waals surface area contributed by atoms with Crippen LogP contribution in [0.15, 0.2) is 12.3 Å². The third kappa shape index (κ3) is 3.78. The molecule has 0 bridgehead atoms. The Morgan fingerprint density at radius 2 is 2.38 bits per heavy atom. The number of hydrogen-bond acceptors (Lipinski definition) is 5. The molecule has 0 unspecified atom stereocenters. The Kier molecular flexibility index (Phi) is 4.53. The zero-order valence-corrected chi connectivity index (χ0v) is 11.9. The van der Waals surface area contributed by atoms with Gasteiger partial charge in [-0.05, 0) is 18.3 Å². The second-order valence-corrected chi connectivity index (χ2v) is 4.74. The molecule has 2 rings (SSSR count). The van der Waals surface area contributed by atoms with Crippen molar-refractivity contribution in [2.45, 2.75) is 19.9 Å². The summed E-state index contributed by atoms with van der Waals surface area (Å²) >= 11 is 5.88. The standard InChI is InChI=1S/C11H13ClN6O3/c1-7-8(12)6-17(16-7)4-2-3-13-11(19)9-5-10(15-14-9)18(20)21/h5-6H,2-4H2,1H3,(H,13,19)(H,14,15). The fourth-order valence-electron chi connectivity index (χ4n) is 1.66. The van der Waals surface area contributed by atoms with Crippen LogP contribution < -0.4 is 5.32 Å². The average molecular weight is 313 g/mol. The molecule has 0 radical (unpaired) electrons. The van der Waals surface area contributed by atoms with Gasteiger partial charge < -0.3 is 15.4 Å². The minimum Gasteiger partial charge on any atom is -0.358 e. The molecule has 0 saturated carbocycles. The summed E-state index contributed by atoms with van der Waals surface area (Å²) in [6, 6.07) is 1.09. The van der Waals surface area contributed by atoms with Crippen molar-refractivity contribution in [3.8, 4) is 0 Å². The summed E-state index contributed by atoms with van der Waals surface area (Å²) in [5, 5.41) is 23.6. The van der Waals surface area contributed by atoms with E-state index in [0.717, 1.165) is 11.8 Å². The lowest BCUT2D eigenvalue weighted by Crippen LogP contribution is -2.25. The van der Waals surface area contributed by atoms with E-state index in [2.05, 4.69) is 20.6 Å². The van der Waals surface area contributed by atoms with Gasteiger partial charge in [-0.3, -0.25) is 9.48 Å². The predicted octanol–water partition coefficient (Wildman–Crippen LogP) is 1.30. The predicted molar refractivity (Wildman–Crippen MR) is 74.2 cm³/mol. The van der Waals surface area contributed by atoms with Crippen LogP contribution in [-0.4, -0.2) is 37.4 Å². The molecule has 0 saturated heterocycles. The van der Waals surface area contributed by atoms with E-state index in [0.29, 0.717) is 24.5 Å². The van der Waals surface area contributed by atoms with Crippen LogP contribution in [0.2, 0.25) is 5.02 Å². The molecule has 2 aromatic rings. The van der Waals surface area contributed by atoms with Crippen LogP contribution in [-0.2, 0) is 6.54 Å². The number of hydrogen-bond donors (Lipinski definition) is 2. The first kappa shape index (κ1) is 15.0. The molecule has 10 heteroatoms. The number of nitrogens with zero attached hydrogens (tertiary/aromatic N) is 4. The molecule has 2 N–H and O–H groups in total. The Hall–Kier alpha value is -2.42. The SMILES string of the molecule is Cc1nn(CCCNC(=O)c2cc([N+](=O)[O-])[nH]n2)cc1Cl. The highest BCUT2D eigenvalue weighted by Gasteiger charge is 2.15. The molecule has 0 aliphatic carbocycles. The lowest BCUT2D eigenvalue weighted by atomic mass is 10.3. The summed E-state index contributed by atoms with van der Waals surface area (Å²) in [7, 11) is 0. The molecule has 0 atom stereocenters. The zero-order chi connectivity index (χ0) is 15.4. The van der Waals surface area contributed by atoms with Crippen LogP contribution in [0.3, 0.4) is 0 Å². The third-order valence-corrected chi connectivity index (χ3v) is 3.10. The van der Waals surface area contributed by atoms with E-state index >= 15 is 0 Å². The first-order valence-corrected chi connectivity index (χ1v) is 6.52. The highest BCUT2D eigenvalue weighted by molar-refractivity contribution is 6.31. The van der Waals surface area contributed by atoms with Crippen molar-refractivity contribution in [1.29, 1.82) is 0 Å². The van der Waals surface area contributed by atoms with Gasteiger partial charge in [0.2, 0.25) is 0 Å². The monoisotopic (exact) mass is 312 g/mol. The largest absolute Gasteiger partial charge is 0.358 e. The quantitative estimate of drug-likeness (QED) is 0.473. The third-order valence-electron chi connectivity index (χ3n) is 2.73. The fourth-order valence-corrected chi connectivity index (χ4v) is 1.81. The van der Waals surface area contributed by atoms with Crippen LogP contribution in [0, 0.1) is 17.0 Å². The Balaban J connectivity index is 1.77. The van der Waals surface area contributed by atoms with E-state index in [1.54, 1.807) is 10.9 Å². The van der Waals surface area contributed by atoms with Gasteiger partial charge in [0.25, 0.3) is 5.91 Å². The van der Waals surface area contributed by atoms with Gasteiger partial charge in [-0.2, -0.15) is 5.10 Å². The summed E-state index contributed by atoms with van der Waals surface area (Å²) in [5.74, 6) is -0.782. The number of halogens is 1. The number of aromatic nitrogens is 4. The van der Waals surface area contributed by atoms with Gasteiger partial charge in [0.05, 0.1) is 16.8 Å². The normalized spacial score (nSPS) is 10.6. The molecule has 21 heavy (non-hydrogen) atoms. The Morgan fingerprint density at radius 1 is 1.62 bits per heavy atom. The Morgan fingerprint density at radius 3 is 2.95 bits per heavy atom. The van der Waals surface area contributed by atoms with E-state index in [4.69, 9.17) is 11.6 Å². The fraction of sp³-hybridized carbons (Fsp3) is 0.364. The molecule has 112 valence electrons. The Labute approximate surface area is 124 Å². The van der Waals surface area contributed by atoms with Crippen molar-refractivity contribution < 1.29 is 9.72 Å². The highest BCUT2D eigenvalue weighted by atomic mass is 35.5. The molecule has 2 heterocycles. The van der Waals surface area contributed by atoms with Gasteiger partial charge in [-0.1, -0.05) is 16.7 Å². The van der Waals surface area contributed by atoms with Crippen LogP contribution in [0.5, 0.6) is 0 Å². The van der Waals surface area contributed by atoms with Gasteiger partial charge in [0.15, 0.2) is 5.69 Å². The Bertz CT molecular complexity index is 645. The van der Waals surface area contributed by atoms with E-state index in [1.807, 2.05) is 6.92 Å². The smallest absolute Gasteiger partial charge is 0.343 e. The van der Waals surface area contributed by atoms with Gasteiger partial charge in [-0.25, -0.2) is 0 Å². The van der Waals surface area contributed by atoms with Crippen LogP contribution >= 0.6 is 11.6 Å². The van der Waals surface area contributed by atoms with E-state index < -0.39 is 10.8 Å². The molecular formula is C11H13ClN6O3. The molecule has 9 nitrogen and oxygen atoms in total. The maximum absolute atomic E-state index is 11.7. The van der Waals surface area contributed by atoms with Crippen molar-refractivity contribution >= 4 is 23.3 Å². The number of nitro groups is 1. The van der Waals surface area contributed by atoms with Crippen LogP contribution in [0.25, 0.3) is 0 Å². The van der Waals surface area contributed by atoms with E-state index in [1.165, 1.54) is 0 Å². The lowest BCUT2D eigenvalue weighted by Gasteiger charge is -2.03. The molecule has 2 aromatic heterocycles. The minimum absolute atomic E-state index is 0.0142. The van der Waals surface area contributed by atoms with Gasteiger partial charge >= 0.3 is 5.82 Å². The number of carbonyl (C=O) groups excluding carboxylic acids is 1. The second kappa shape index (κ2) is 6.35. The highest BCUT2D eigenvalue weighted by Crippen LogP contribution is 2.12. The number of nitrogens with one attached hydrogen (secondary N) is 2. The van der Waals surface area contributed by atoms with Gasteiger partial charge in [0.1, 0.15) is 0 Å². The number of H-pyrrole nitrogens is 1. The van der Waals surface area contributed by atoms with Crippen molar-refractivity contribution in [3.05, 3.63) is 38.8 Å². The summed E-state index contributed by atoms with van der Waals surface area (Å²) < 4.78 is 1.70. The van der Waals surface area contributed by atoms with E-state index in [9.17, 15) is 14.9 Å². The average Bonchev–Trinajstić information content (AvgIpc) is 3.03. The maximum atomic E-state index is 11.7. The molecule has 0 fully saturated rings. The second-order valence-electron chi connectivity index (χ2n) is 4.33. The number of carbonyl (C=O) groups is 1. The summed E-state index contributed by atoms with van der Waals surface area (Å²) in [6.07, 6.45) is 2.37. The summed E-state index contributed by atoms with van der Waals surface area (Å²) in [4.78, 5) is 21.5. The number of aryl methyl sites for hydroxylation is 2. The van der Waals surface area contributed by atoms with Crippen LogP contribution in [0.1, 0.15) is 22.6 Å². The van der Waals surface area contributed by atoms with Gasteiger partial charge in [0, 0.05) is 19.3 Å². The molecule has 0 aromatic carbocycles. The molecule has 0 aliphatic rings. The molecule has 0 spiro atoms. The maximum Gasteiger partial charge on any atom is 0.343 e. The lowest BCUT2D eigenvalue weighted by molar-refractivity contribution is -0.389. The van der Waals surface area contributed by atoms with Crippen molar-refractivity contribution in [2.75, 3.05) is 6.54 Å². The number of rotatable bonds is 6. The topological polar surface area (TPSA) is 119 Å². The van der Waals surface area contributed by atoms with Crippen molar-refractivity contribution in [3.63, 3.8) is 0 Å². The van der Waals surface area contributed by atoms with Crippen molar-refractivity contribution in [2.24, 2.45) is 0 Å². The minimum atomic E-state index is -0.645. The molecule has 0 aliphatic heterocycles. The van der Waals surface area contributed by atoms with Gasteiger partial charge in [-0.15, -0.1) is 5.10 Å². The van der Waals surface area contributed by atoms with Crippen LogP contribution in [0.4, 0.5) is 5.82 Å². The molecule has 1 amide bonds. The molecular weight excluding hydrogens is 300 g/mol. The summed E-state index contributed by atoms with van der Waals surface area (Å²) in [6.45, 7) is 2.82. The van der Waals surface area contributed by atoms with Crippen molar-refractivity contribution in [1.82, 2.24) is 25.3 Å². The zero-order valence-electron chi connectivity index (χ0n) is 11.2. The number of aromatic amines is 1. The first-order valence-electron chi connectivity index (χ1n) is 6.15. The summed E-state index contributed by atoms with van der Waals surface area (Å²) in [5.41, 5.74) is 0.740. The van der Waals surface area contributed by atoms with E-state index in [-0.39, 0.29) is 11.5 Å². The first-order chi connectivity index (χ1) is 9.97. The number of amides is 1.